The number of hydrazine groups is 3. The number of nitrogens with zero attached hydrogens (tertiary/aromatic N) is 3. The molecule has 8 heteroatoms. The Morgan fingerprint density at radius 2 is 1.52 bits per heavy atom. The van der Waals surface area contributed by atoms with Crippen LogP contribution in [0.25, 0.3) is 11.2 Å². The Balaban J connectivity index is 1.77. The molecule has 0 aliphatic carbocycles. The van der Waals surface area contributed by atoms with E-state index in [0.29, 0.717) is 18.0 Å². The van der Waals surface area contributed by atoms with Gasteiger partial charge in [-0.25, -0.2) is 20.8 Å². The van der Waals surface area contributed by atoms with Gasteiger partial charge in [-0.3, -0.25) is 0 Å². The van der Waals surface area contributed by atoms with Crippen LogP contribution >= 0.6 is 0 Å². The average molecular weight is 416 g/mol. The van der Waals surface area contributed by atoms with Gasteiger partial charge < -0.3 is 9.67 Å². The molecule has 3 heterocycles. The Morgan fingerprint density at radius 1 is 0.935 bits per heavy atom. The lowest BCUT2D eigenvalue weighted by Crippen LogP contribution is -2.33. The zero-order valence-electron chi connectivity index (χ0n) is 17.4. The second-order valence-electron chi connectivity index (χ2n) is 7.60. The summed E-state index contributed by atoms with van der Waals surface area (Å²) in [6.07, 6.45) is -0.136. The number of aryl methyl sites for hydroxylation is 2. The van der Waals surface area contributed by atoms with Crippen molar-refractivity contribution in [3.63, 3.8) is 0 Å². The summed E-state index contributed by atoms with van der Waals surface area (Å²) in [6.45, 7) is 4.65. The number of aromatic nitrogens is 3. The molecular formula is C23H25N7O. The molecule has 2 aromatic heterocycles. The van der Waals surface area contributed by atoms with E-state index < -0.39 is 5.60 Å². The van der Waals surface area contributed by atoms with Gasteiger partial charge in [0.05, 0.1) is 5.52 Å². The summed E-state index contributed by atoms with van der Waals surface area (Å²) in [5.41, 5.74) is 15.4. The van der Waals surface area contributed by atoms with Crippen molar-refractivity contribution in [3.05, 3.63) is 94.9 Å². The van der Waals surface area contributed by atoms with Crippen molar-refractivity contribution in [2.24, 2.45) is 0 Å². The molecule has 0 atom stereocenters. The minimum atomic E-state index is -1.42. The lowest BCUT2D eigenvalue weighted by Gasteiger charge is -2.29. The Labute approximate surface area is 180 Å². The minimum Gasteiger partial charge on any atom is -0.373 e. The van der Waals surface area contributed by atoms with E-state index in [4.69, 9.17) is 9.97 Å². The zero-order chi connectivity index (χ0) is 21.4. The van der Waals surface area contributed by atoms with E-state index in [-0.39, 0.29) is 6.17 Å². The fourth-order valence-corrected chi connectivity index (χ4v) is 4.23. The second kappa shape index (κ2) is 7.84. The van der Waals surface area contributed by atoms with Gasteiger partial charge in [-0.15, -0.1) is 0 Å². The number of fused-ring (bicyclic) bond motifs is 1. The number of aliphatic hydroxyl groups is 1. The van der Waals surface area contributed by atoms with Crippen LogP contribution < -0.4 is 21.9 Å². The zero-order valence-corrected chi connectivity index (χ0v) is 17.4. The van der Waals surface area contributed by atoms with Gasteiger partial charge in [0.25, 0.3) is 0 Å². The molecule has 31 heavy (non-hydrogen) atoms. The maximum Gasteiger partial charge on any atom is 0.178 e. The summed E-state index contributed by atoms with van der Waals surface area (Å²) < 4.78 is 2.04. The largest absolute Gasteiger partial charge is 0.373 e. The van der Waals surface area contributed by atoms with Crippen molar-refractivity contribution in [1.82, 2.24) is 36.5 Å². The third-order valence-electron chi connectivity index (χ3n) is 5.80. The van der Waals surface area contributed by atoms with E-state index >= 15 is 0 Å². The summed E-state index contributed by atoms with van der Waals surface area (Å²) in [4.78, 5) is 9.64. The first-order valence-corrected chi connectivity index (χ1v) is 10.4. The number of hydrogen-bond acceptors (Lipinski definition) is 7. The summed E-state index contributed by atoms with van der Waals surface area (Å²) in [6, 6.07) is 21.4. The number of rotatable bonds is 5. The number of nitrogens with one attached hydrogen (secondary N) is 4. The van der Waals surface area contributed by atoms with Crippen molar-refractivity contribution < 1.29 is 5.11 Å². The standard InChI is InChI=1S/C23H25N7O/c1-3-30-19-14-18(20-26-28-29-27-20)15(2)24-21(19)25-22(30)23(31,16-10-6-4-7-11-16)17-12-8-5-9-13-17/h4-14,20,26-29,31H,3H2,1-2H3. The smallest absolute Gasteiger partial charge is 0.178 e. The van der Waals surface area contributed by atoms with E-state index in [1.165, 1.54) is 0 Å². The summed E-state index contributed by atoms with van der Waals surface area (Å²) >= 11 is 0. The topological polar surface area (TPSA) is 99.1 Å². The minimum absolute atomic E-state index is 0.136. The second-order valence-corrected chi connectivity index (χ2v) is 7.60. The molecule has 0 saturated carbocycles. The molecule has 0 radical (unpaired) electrons. The predicted molar refractivity (Wildman–Crippen MR) is 118 cm³/mol. The molecule has 2 aromatic carbocycles. The maximum absolute atomic E-state index is 12.2. The SMILES string of the molecule is CCn1c(C(O)(c2ccccc2)c2ccccc2)nc2nc(C)c(C3NNNN3)cc21. The lowest BCUT2D eigenvalue weighted by atomic mass is 9.85. The fourth-order valence-electron chi connectivity index (χ4n) is 4.23. The quantitative estimate of drug-likeness (QED) is 0.341. The van der Waals surface area contributed by atoms with Crippen molar-refractivity contribution in [1.29, 1.82) is 0 Å². The summed E-state index contributed by atoms with van der Waals surface area (Å²) in [7, 11) is 0. The first-order chi connectivity index (χ1) is 15.1. The molecule has 1 fully saturated rings. The molecule has 1 aliphatic heterocycles. The van der Waals surface area contributed by atoms with E-state index in [1.807, 2.05) is 72.2 Å². The van der Waals surface area contributed by atoms with E-state index in [2.05, 4.69) is 34.9 Å². The van der Waals surface area contributed by atoms with Crippen LogP contribution in [0.4, 0.5) is 0 Å². The molecule has 1 aliphatic rings. The molecule has 4 aromatic rings. The highest BCUT2D eigenvalue weighted by Crippen LogP contribution is 2.37. The van der Waals surface area contributed by atoms with Crippen LogP contribution in [-0.2, 0) is 12.1 Å². The van der Waals surface area contributed by atoms with Gasteiger partial charge in [0.1, 0.15) is 6.17 Å². The molecule has 0 spiro atoms. The number of imidazole rings is 1. The van der Waals surface area contributed by atoms with Gasteiger partial charge >= 0.3 is 0 Å². The highest BCUT2D eigenvalue weighted by molar-refractivity contribution is 5.74. The summed E-state index contributed by atoms with van der Waals surface area (Å²) in [5.74, 6) is 0.551. The first kappa shape index (κ1) is 19.8. The molecule has 1 saturated heterocycles. The highest BCUT2D eigenvalue weighted by atomic mass is 16.3. The van der Waals surface area contributed by atoms with Gasteiger partial charge in [-0.1, -0.05) is 60.7 Å². The number of hydrogen-bond donors (Lipinski definition) is 5. The third-order valence-corrected chi connectivity index (χ3v) is 5.80. The van der Waals surface area contributed by atoms with Crippen LogP contribution in [0.3, 0.4) is 0 Å². The maximum atomic E-state index is 12.2. The Morgan fingerprint density at radius 3 is 2.06 bits per heavy atom. The first-order valence-electron chi connectivity index (χ1n) is 10.4. The average Bonchev–Trinajstić information content (AvgIpc) is 3.47. The van der Waals surface area contributed by atoms with Crippen LogP contribution in [0.2, 0.25) is 0 Å². The molecular weight excluding hydrogens is 390 g/mol. The molecule has 0 bridgehead atoms. The monoisotopic (exact) mass is 415 g/mol. The molecule has 5 rings (SSSR count). The molecule has 5 N–H and O–H groups in total. The van der Waals surface area contributed by atoms with Gasteiger partial charge in [-0.05, 0) is 31.0 Å². The van der Waals surface area contributed by atoms with E-state index in [9.17, 15) is 5.11 Å². The van der Waals surface area contributed by atoms with Gasteiger partial charge in [0.15, 0.2) is 17.1 Å². The molecule has 8 nitrogen and oxygen atoms in total. The van der Waals surface area contributed by atoms with Crippen LogP contribution in [0.5, 0.6) is 0 Å². The lowest BCUT2D eigenvalue weighted by molar-refractivity contribution is 0.112. The van der Waals surface area contributed by atoms with Crippen molar-refractivity contribution in [2.45, 2.75) is 32.2 Å². The van der Waals surface area contributed by atoms with Gasteiger partial charge in [-0.2, -0.15) is 11.1 Å². The Bertz CT molecular complexity index is 1160. The van der Waals surface area contributed by atoms with Gasteiger partial charge in [0.2, 0.25) is 0 Å². The Kier molecular flexibility index (Phi) is 5.01. The van der Waals surface area contributed by atoms with Crippen molar-refractivity contribution >= 4 is 11.2 Å². The third kappa shape index (κ3) is 3.21. The predicted octanol–water partition coefficient (Wildman–Crippen LogP) is 2.16. The van der Waals surface area contributed by atoms with E-state index in [1.54, 1.807) is 0 Å². The molecule has 0 unspecified atom stereocenters. The Hall–Kier alpha value is -3.14. The molecule has 158 valence electrons. The van der Waals surface area contributed by atoms with Crippen LogP contribution in [-0.4, -0.2) is 19.6 Å². The highest BCUT2D eigenvalue weighted by Gasteiger charge is 2.39. The normalized spacial score (nSPS) is 15.1. The molecule has 0 amide bonds. The van der Waals surface area contributed by atoms with Gasteiger partial charge in [0, 0.05) is 17.8 Å². The number of pyridine rings is 1. The van der Waals surface area contributed by atoms with E-state index in [0.717, 1.165) is 27.9 Å². The van der Waals surface area contributed by atoms with Crippen LogP contribution in [0.15, 0.2) is 66.7 Å². The van der Waals surface area contributed by atoms with Crippen LogP contribution in [0.1, 0.15) is 41.3 Å². The fraction of sp³-hybridized carbons (Fsp3) is 0.217. The summed E-state index contributed by atoms with van der Waals surface area (Å²) in [5, 5.41) is 12.2. The van der Waals surface area contributed by atoms with Crippen molar-refractivity contribution in [2.75, 3.05) is 0 Å². The van der Waals surface area contributed by atoms with Crippen molar-refractivity contribution in [3.8, 4) is 0 Å². The van der Waals surface area contributed by atoms with Crippen LogP contribution in [0, 0.1) is 6.92 Å². The number of benzene rings is 2.